The van der Waals surface area contributed by atoms with E-state index in [2.05, 4.69) is 16.8 Å². The second-order valence-corrected chi connectivity index (χ2v) is 8.14. The van der Waals surface area contributed by atoms with Crippen LogP contribution in [0.1, 0.15) is 24.7 Å². The molecule has 0 aliphatic heterocycles. The summed E-state index contributed by atoms with van der Waals surface area (Å²) in [6.07, 6.45) is 1.80. The van der Waals surface area contributed by atoms with Crippen LogP contribution in [0.2, 0.25) is 5.02 Å². The molecule has 1 unspecified atom stereocenters. The Morgan fingerprint density at radius 1 is 1.13 bits per heavy atom. The van der Waals surface area contributed by atoms with Gasteiger partial charge in [-0.15, -0.1) is 16.8 Å². The van der Waals surface area contributed by atoms with Crippen LogP contribution in [-0.2, 0) is 11.3 Å². The zero-order valence-electron chi connectivity index (χ0n) is 17.2. The first-order chi connectivity index (χ1) is 14.6. The highest BCUT2D eigenvalue weighted by atomic mass is 35.5. The van der Waals surface area contributed by atoms with Crippen LogP contribution in [0.4, 0.5) is 0 Å². The predicted molar refractivity (Wildman–Crippen MR) is 124 cm³/mol. The van der Waals surface area contributed by atoms with Crippen LogP contribution >= 0.6 is 23.4 Å². The van der Waals surface area contributed by atoms with E-state index >= 15 is 0 Å². The molecule has 0 fully saturated rings. The molecule has 1 atom stereocenters. The normalized spacial score (nSPS) is 11.8. The first-order valence-corrected chi connectivity index (χ1v) is 11.1. The van der Waals surface area contributed by atoms with E-state index in [1.807, 2.05) is 77.9 Å². The molecule has 156 valence electrons. The minimum atomic E-state index is -0.406. The molecule has 3 rings (SSSR count). The number of hydrogen-bond acceptors (Lipinski definition) is 4. The lowest BCUT2D eigenvalue weighted by Gasteiger charge is -2.25. The number of aromatic nitrogens is 3. The largest absolute Gasteiger partial charge is 0.342 e. The summed E-state index contributed by atoms with van der Waals surface area (Å²) in [5.41, 5.74) is 1.85. The Bertz CT molecular complexity index is 984. The van der Waals surface area contributed by atoms with Gasteiger partial charge in [0, 0.05) is 30.2 Å². The number of benzene rings is 2. The summed E-state index contributed by atoms with van der Waals surface area (Å²) >= 11 is 7.45. The fourth-order valence-corrected chi connectivity index (χ4v) is 4.43. The highest BCUT2D eigenvalue weighted by Gasteiger charge is 2.28. The van der Waals surface area contributed by atoms with Crippen LogP contribution in [0.5, 0.6) is 0 Å². The maximum Gasteiger partial charge on any atom is 0.240 e. The summed E-state index contributed by atoms with van der Waals surface area (Å²) in [6, 6.07) is 17.3. The molecule has 7 heteroatoms. The molecule has 0 saturated heterocycles. The standard InChI is InChI=1S/C23H25ClN4OS/c1-4-16-28-21(18-12-14-19(24)15-13-18)25-26-23(28)30-20(17-10-8-7-9-11-17)22(29)27(5-2)6-3/h4,7-15,20H,1,5-6,16H2,2-3H3. The number of rotatable bonds is 9. The molecule has 0 aliphatic rings. The Kier molecular flexibility index (Phi) is 7.71. The quantitative estimate of drug-likeness (QED) is 0.326. The van der Waals surface area contributed by atoms with Crippen molar-refractivity contribution in [3.63, 3.8) is 0 Å². The lowest BCUT2D eigenvalue weighted by molar-refractivity contribution is -0.130. The zero-order valence-corrected chi connectivity index (χ0v) is 18.7. The van der Waals surface area contributed by atoms with Gasteiger partial charge in [-0.3, -0.25) is 9.36 Å². The number of halogens is 1. The average molecular weight is 441 g/mol. The topological polar surface area (TPSA) is 51.0 Å². The van der Waals surface area contributed by atoms with Gasteiger partial charge in [-0.25, -0.2) is 0 Å². The highest BCUT2D eigenvalue weighted by Crippen LogP contribution is 2.37. The fourth-order valence-electron chi connectivity index (χ4n) is 3.18. The molecule has 30 heavy (non-hydrogen) atoms. The molecule has 0 spiro atoms. The summed E-state index contributed by atoms with van der Waals surface area (Å²) in [5, 5.41) is 9.75. The number of allylic oxidation sites excluding steroid dienone is 1. The minimum Gasteiger partial charge on any atom is -0.342 e. The van der Waals surface area contributed by atoms with E-state index in [0.717, 1.165) is 17.0 Å². The third-order valence-electron chi connectivity index (χ3n) is 4.76. The van der Waals surface area contributed by atoms with Gasteiger partial charge in [0.2, 0.25) is 5.91 Å². The number of carbonyl (C=O) groups is 1. The van der Waals surface area contributed by atoms with E-state index in [4.69, 9.17) is 11.6 Å². The summed E-state index contributed by atoms with van der Waals surface area (Å²) in [7, 11) is 0. The van der Waals surface area contributed by atoms with Crippen LogP contribution in [0.15, 0.2) is 72.4 Å². The third kappa shape index (κ3) is 4.94. The van der Waals surface area contributed by atoms with Gasteiger partial charge < -0.3 is 4.90 Å². The van der Waals surface area contributed by atoms with Gasteiger partial charge >= 0.3 is 0 Å². The van der Waals surface area contributed by atoms with E-state index < -0.39 is 5.25 Å². The smallest absolute Gasteiger partial charge is 0.240 e. The molecule has 0 N–H and O–H groups in total. The van der Waals surface area contributed by atoms with E-state index in [9.17, 15) is 4.79 Å². The van der Waals surface area contributed by atoms with Gasteiger partial charge in [0.15, 0.2) is 11.0 Å². The van der Waals surface area contributed by atoms with Crippen molar-refractivity contribution in [2.75, 3.05) is 13.1 Å². The van der Waals surface area contributed by atoms with Crippen LogP contribution in [-0.4, -0.2) is 38.7 Å². The van der Waals surface area contributed by atoms with E-state index in [1.54, 1.807) is 6.08 Å². The van der Waals surface area contributed by atoms with E-state index in [0.29, 0.717) is 29.8 Å². The molecule has 1 heterocycles. The van der Waals surface area contributed by atoms with Crippen LogP contribution in [0.25, 0.3) is 11.4 Å². The second kappa shape index (κ2) is 10.5. The van der Waals surface area contributed by atoms with Crippen LogP contribution in [0.3, 0.4) is 0 Å². The molecule has 3 aromatic rings. The van der Waals surface area contributed by atoms with E-state index in [1.165, 1.54) is 11.8 Å². The molecule has 1 aromatic heterocycles. The average Bonchev–Trinajstić information content (AvgIpc) is 3.16. The number of carbonyl (C=O) groups excluding carboxylic acids is 1. The van der Waals surface area contributed by atoms with Gasteiger partial charge in [0.25, 0.3) is 0 Å². The van der Waals surface area contributed by atoms with E-state index in [-0.39, 0.29) is 5.91 Å². The molecular weight excluding hydrogens is 416 g/mol. The van der Waals surface area contributed by atoms with Crippen molar-refractivity contribution in [1.82, 2.24) is 19.7 Å². The second-order valence-electron chi connectivity index (χ2n) is 6.63. The summed E-state index contributed by atoms with van der Waals surface area (Å²) < 4.78 is 1.98. The Morgan fingerprint density at radius 3 is 2.40 bits per heavy atom. The predicted octanol–water partition coefficient (Wildman–Crippen LogP) is 5.49. The maximum absolute atomic E-state index is 13.3. The number of nitrogens with zero attached hydrogens (tertiary/aromatic N) is 4. The van der Waals surface area contributed by atoms with Gasteiger partial charge in [0.1, 0.15) is 5.25 Å². The Hall–Kier alpha value is -2.57. The molecule has 0 aliphatic carbocycles. The first-order valence-electron chi connectivity index (χ1n) is 9.89. The van der Waals surface area contributed by atoms with Crippen molar-refractivity contribution in [1.29, 1.82) is 0 Å². The van der Waals surface area contributed by atoms with Crippen molar-refractivity contribution < 1.29 is 4.79 Å². The van der Waals surface area contributed by atoms with Gasteiger partial charge in [-0.2, -0.15) is 0 Å². The van der Waals surface area contributed by atoms with Gasteiger partial charge in [0.05, 0.1) is 0 Å². The Balaban J connectivity index is 2.00. The first kappa shape index (κ1) is 22.1. The number of likely N-dealkylation sites (N-methyl/N-ethyl adjacent to an activating group) is 1. The molecule has 0 radical (unpaired) electrons. The molecule has 0 saturated carbocycles. The Morgan fingerprint density at radius 2 is 1.80 bits per heavy atom. The lowest BCUT2D eigenvalue weighted by Crippen LogP contribution is -2.34. The zero-order chi connectivity index (χ0) is 21.5. The summed E-state index contributed by atoms with van der Waals surface area (Å²) in [6.45, 7) is 9.72. The number of thioether (sulfide) groups is 1. The molecule has 1 amide bonds. The van der Waals surface area contributed by atoms with Crippen molar-refractivity contribution in [3.05, 3.63) is 77.8 Å². The van der Waals surface area contributed by atoms with Crippen molar-refractivity contribution in [2.24, 2.45) is 0 Å². The summed E-state index contributed by atoms with van der Waals surface area (Å²) in [5.74, 6) is 0.786. The minimum absolute atomic E-state index is 0.0670. The molecular formula is C23H25ClN4OS. The number of hydrogen-bond donors (Lipinski definition) is 0. The summed E-state index contributed by atoms with van der Waals surface area (Å²) in [4.78, 5) is 15.2. The van der Waals surface area contributed by atoms with Crippen molar-refractivity contribution in [3.8, 4) is 11.4 Å². The molecule has 2 aromatic carbocycles. The Labute approximate surface area is 186 Å². The SMILES string of the molecule is C=CCn1c(SC(C(=O)N(CC)CC)c2ccccc2)nnc1-c1ccc(Cl)cc1. The highest BCUT2D eigenvalue weighted by molar-refractivity contribution is 8.00. The number of amides is 1. The van der Waals surface area contributed by atoms with Crippen molar-refractivity contribution in [2.45, 2.75) is 30.8 Å². The third-order valence-corrected chi connectivity index (χ3v) is 6.23. The van der Waals surface area contributed by atoms with Crippen LogP contribution in [0, 0.1) is 0 Å². The molecule has 0 bridgehead atoms. The van der Waals surface area contributed by atoms with Crippen LogP contribution < -0.4 is 0 Å². The van der Waals surface area contributed by atoms with Gasteiger partial charge in [-0.1, -0.05) is 59.8 Å². The lowest BCUT2D eigenvalue weighted by atomic mass is 10.1. The monoisotopic (exact) mass is 440 g/mol. The fraction of sp³-hybridized carbons (Fsp3) is 0.261. The maximum atomic E-state index is 13.3. The molecule has 5 nitrogen and oxygen atoms in total. The van der Waals surface area contributed by atoms with Gasteiger partial charge in [-0.05, 0) is 43.7 Å². The van der Waals surface area contributed by atoms with Crippen molar-refractivity contribution >= 4 is 29.3 Å².